The van der Waals surface area contributed by atoms with Gasteiger partial charge in [-0.1, -0.05) is 6.07 Å². The summed E-state index contributed by atoms with van der Waals surface area (Å²) in [6.45, 7) is 1.09. The maximum Gasteiger partial charge on any atom is 0.165 e. The maximum absolute atomic E-state index is 13.4. The minimum atomic E-state index is -0.586. The molecule has 2 unspecified atom stereocenters. The summed E-state index contributed by atoms with van der Waals surface area (Å²) in [7, 11) is 2.11. The van der Waals surface area contributed by atoms with E-state index in [-0.39, 0.29) is 11.8 Å². The second kappa shape index (κ2) is 5.34. The molecular weight excluding hydrogens is 283 g/mol. The van der Waals surface area contributed by atoms with Crippen LogP contribution >= 0.6 is 23.5 Å². The van der Waals surface area contributed by atoms with Crippen LogP contribution in [0.5, 0.6) is 5.75 Å². The van der Waals surface area contributed by atoms with Gasteiger partial charge in [0.2, 0.25) is 0 Å². The first-order chi connectivity index (χ1) is 9.16. The molecule has 0 amide bonds. The molecule has 102 valence electrons. The van der Waals surface area contributed by atoms with Crippen LogP contribution in [0.2, 0.25) is 0 Å². The van der Waals surface area contributed by atoms with Gasteiger partial charge in [0.1, 0.15) is 5.04 Å². The van der Waals surface area contributed by atoms with Crippen molar-refractivity contribution in [3.8, 4) is 5.75 Å². The van der Waals surface area contributed by atoms with Crippen molar-refractivity contribution in [3.63, 3.8) is 0 Å². The number of hydrogen-bond acceptors (Lipinski definition) is 5. The first-order valence-corrected chi connectivity index (χ1v) is 8.20. The molecular formula is C13H15FN2OS2. The van der Waals surface area contributed by atoms with Gasteiger partial charge in [-0.3, -0.25) is 9.89 Å². The van der Waals surface area contributed by atoms with Crippen molar-refractivity contribution in [2.45, 2.75) is 11.4 Å². The van der Waals surface area contributed by atoms with Crippen LogP contribution in [0.4, 0.5) is 4.39 Å². The first-order valence-electron chi connectivity index (χ1n) is 6.17. The van der Waals surface area contributed by atoms with Crippen LogP contribution in [-0.2, 0) is 0 Å². The van der Waals surface area contributed by atoms with E-state index in [1.54, 1.807) is 23.9 Å². The molecule has 1 aromatic carbocycles. The molecule has 0 spiro atoms. The molecule has 1 aromatic rings. The van der Waals surface area contributed by atoms with Crippen LogP contribution in [0.25, 0.3) is 0 Å². The number of para-hydroxylation sites is 1. The van der Waals surface area contributed by atoms with Crippen molar-refractivity contribution in [1.29, 1.82) is 0 Å². The number of hydrogen-bond donors (Lipinski definition) is 1. The van der Waals surface area contributed by atoms with Gasteiger partial charge in [0.25, 0.3) is 0 Å². The molecule has 3 rings (SSSR count). The highest BCUT2D eigenvalue weighted by molar-refractivity contribution is 8.14. The molecule has 2 aliphatic rings. The van der Waals surface area contributed by atoms with Crippen LogP contribution in [0, 0.1) is 5.82 Å². The van der Waals surface area contributed by atoms with Crippen LogP contribution in [0.15, 0.2) is 23.2 Å². The number of phenolic OH excluding ortho intramolecular Hbond substituents is 1. The van der Waals surface area contributed by atoms with Crippen LogP contribution in [0.3, 0.4) is 0 Å². The van der Waals surface area contributed by atoms with E-state index < -0.39 is 5.82 Å². The lowest BCUT2D eigenvalue weighted by atomic mass is 10.2. The average Bonchev–Trinajstić information content (AvgIpc) is 3.01. The molecule has 2 atom stereocenters. The second-order valence-corrected chi connectivity index (χ2v) is 6.92. The van der Waals surface area contributed by atoms with E-state index in [2.05, 4.69) is 16.9 Å². The van der Waals surface area contributed by atoms with E-state index in [4.69, 9.17) is 0 Å². The highest BCUT2D eigenvalue weighted by atomic mass is 32.2. The van der Waals surface area contributed by atoms with Crippen LogP contribution in [-0.4, -0.2) is 51.6 Å². The van der Waals surface area contributed by atoms with Gasteiger partial charge in [0, 0.05) is 18.1 Å². The van der Waals surface area contributed by atoms with Gasteiger partial charge < -0.3 is 5.11 Å². The average molecular weight is 298 g/mol. The topological polar surface area (TPSA) is 35.8 Å². The predicted molar refractivity (Wildman–Crippen MR) is 79.7 cm³/mol. The number of aromatic hydroxyl groups is 1. The molecule has 1 N–H and O–H groups in total. The first kappa shape index (κ1) is 13.3. The summed E-state index contributed by atoms with van der Waals surface area (Å²) >= 11 is 3.52. The molecule has 2 aliphatic heterocycles. The minimum absolute atomic E-state index is 0.222. The lowest BCUT2D eigenvalue weighted by Gasteiger charge is -2.21. The number of thioether (sulfide) groups is 2. The zero-order valence-electron chi connectivity index (χ0n) is 10.5. The van der Waals surface area contributed by atoms with E-state index in [1.807, 2.05) is 11.8 Å². The number of halogens is 1. The van der Waals surface area contributed by atoms with Crippen molar-refractivity contribution >= 4 is 28.6 Å². The summed E-state index contributed by atoms with van der Waals surface area (Å²) < 4.78 is 13.4. The second-order valence-electron chi connectivity index (χ2n) is 4.69. The molecule has 6 heteroatoms. The Kier molecular flexibility index (Phi) is 3.73. The monoisotopic (exact) mass is 298 g/mol. The Morgan fingerprint density at radius 1 is 1.47 bits per heavy atom. The van der Waals surface area contributed by atoms with Gasteiger partial charge in [0.15, 0.2) is 11.6 Å². The lowest BCUT2D eigenvalue weighted by molar-refractivity contribution is 0.328. The summed E-state index contributed by atoms with van der Waals surface area (Å²) in [5.74, 6) is 1.16. The van der Waals surface area contributed by atoms with Crippen molar-refractivity contribution < 1.29 is 9.50 Å². The Labute approximate surface area is 120 Å². The van der Waals surface area contributed by atoms with Gasteiger partial charge in [-0.15, -0.1) is 23.5 Å². The number of phenols is 1. The summed E-state index contributed by atoms with van der Waals surface area (Å²) in [4.78, 5) is 7.00. The Morgan fingerprint density at radius 2 is 2.32 bits per heavy atom. The molecule has 0 saturated carbocycles. The predicted octanol–water partition coefficient (Wildman–Crippen LogP) is 2.40. The zero-order valence-corrected chi connectivity index (χ0v) is 12.2. The number of rotatable bonds is 2. The zero-order chi connectivity index (χ0) is 13.4. The summed E-state index contributed by atoms with van der Waals surface area (Å²) in [6, 6.07) is 4.81. The number of aliphatic imine (C=N–C) groups is 1. The van der Waals surface area contributed by atoms with E-state index in [0.29, 0.717) is 10.9 Å². The third kappa shape index (κ3) is 2.49. The third-order valence-corrected chi connectivity index (χ3v) is 5.93. The Morgan fingerprint density at radius 3 is 3.05 bits per heavy atom. The highest BCUT2D eigenvalue weighted by Crippen LogP contribution is 2.35. The Balaban J connectivity index is 1.85. The van der Waals surface area contributed by atoms with Crippen molar-refractivity contribution in [1.82, 2.24) is 4.90 Å². The van der Waals surface area contributed by atoms with Crippen molar-refractivity contribution in [2.24, 2.45) is 4.99 Å². The maximum atomic E-state index is 13.4. The SMILES string of the molecule is CN1CCSC1C1CSC(c2cccc(F)c2O)=N1. The van der Waals surface area contributed by atoms with E-state index >= 15 is 0 Å². The molecule has 2 heterocycles. The molecule has 1 saturated heterocycles. The highest BCUT2D eigenvalue weighted by Gasteiger charge is 2.34. The number of likely N-dealkylation sites (N-methyl/N-ethyl adjacent to an activating group) is 1. The fourth-order valence-corrected chi connectivity index (χ4v) is 4.96. The smallest absolute Gasteiger partial charge is 0.165 e. The van der Waals surface area contributed by atoms with Crippen molar-refractivity contribution in [3.05, 3.63) is 29.6 Å². The quantitative estimate of drug-likeness (QED) is 0.909. The third-order valence-electron chi connectivity index (χ3n) is 3.39. The van der Waals surface area contributed by atoms with Gasteiger partial charge in [-0.05, 0) is 19.2 Å². The van der Waals surface area contributed by atoms with E-state index in [0.717, 1.165) is 23.1 Å². The van der Waals surface area contributed by atoms with Gasteiger partial charge in [-0.25, -0.2) is 4.39 Å². The molecule has 0 bridgehead atoms. The standard InChI is InChI=1S/C13H15FN2OS2/c1-16-5-6-18-13(16)10-7-19-12(15-10)8-3-2-4-9(14)11(8)17/h2-4,10,13,17H,5-7H2,1H3. The summed E-state index contributed by atoms with van der Waals surface area (Å²) in [5, 5.41) is 10.9. The minimum Gasteiger partial charge on any atom is -0.504 e. The van der Waals surface area contributed by atoms with Gasteiger partial charge in [0.05, 0.1) is 17.0 Å². The largest absolute Gasteiger partial charge is 0.504 e. The fourth-order valence-electron chi connectivity index (χ4n) is 2.35. The normalized spacial score (nSPS) is 27.8. The number of benzene rings is 1. The van der Waals surface area contributed by atoms with Gasteiger partial charge >= 0.3 is 0 Å². The number of nitrogens with zero attached hydrogens (tertiary/aromatic N) is 2. The van der Waals surface area contributed by atoms with Crippen molar-refractivity contribution in [2.75, 3.05) is 25.1 Å². The Bertz CT molecular complexity index is 523. The molecule has 19 heavy (non-hydrogen) atoms. The molecule has 0 radical (unpaired) electrons. The fraction of sp³-hybridized carbons (Fsp3) is 0.462. The van der Waals surface area contributed by atoms with Gasteiger partial charge in [-0.2, -0.15) is 0 Å². The molecule has 3 nitrogen and oxygen atoms in total. The molecule has 1 fully saturated rings. The van der Waals surface area contributed by atoms with E-state index in [9.17, 15) is 9.50 Å². The Hall–Kier alpha value is -0.720. The lowest BCUT2D eigenvalue weighted by Crippen LogP contribution is -2.33. The summed E-state index contributed by atoms with van der Waals surface area (Å²) in [6.07, 6.45) is 0. The van der Waals surface area contributed by atoms with Crippen LogP contribution in [0.1, 0.15) is 5.56 Å². The van der Waals surface area contributed by atoms with Crippen LogP contribution < -0.4 is 0 Å². The molecule has 0 aromatic heterocycles. The van der Waals surface area contributed by atoms with E-state index in [1.165, 1.54) is 6.07 Å². The summed E-state index contributed by atoms with van der Waals surface area (Å²) in [5.41, 5.74) is 0.512. The molecule has 0 aliphatic carbocycles.